The predicted octanol–water partition coefficient (Wildman–Crippen LogP) is 3.73. The molecule has 0 aliphatic rings. The molecule has 0 aliphatic carbocycles. The van der Waals surface area contributed by atoms with Gasteiger partial charge >= 0.3 is 0 Å². The number of nitrogens with one attached hydrogen (secondary N) is 1. The molecule has 0 aliphatic heterocycles. The molecule has 4 nitrogen and oxygen atoms in total. The van der Waals surface area contributed by atoms with Crippen LogP contribution in [0.5, 0.6) is 0 Å². The van der Waals surface area contributed by atoms with Crippen molar-refractivity contribution in [1.29, 1.82) is 0 Å². The van der Waals surface area contributed by atoms with E-state index >= 15 is 0 Å². The van der Waals surface area contributed by atoms with Gasteiger partial charge in [-0.05, 0) is 26.0 Å². The van der Waals surface area contributed by atoms with E-state index in [9.17, 15) is 0 Å². The number of thiophene rings is 1. The molecule has 2 heterocycles. The number of aryl methyl sites for hydroxylation is 1. The number of anilines is 2. The van der Waals surface area contributed by atoms with Gasteiger partial charge in [0.25, 0.3) is 0 Å². The molecule has 0 saturated carbocycles. The van der Waals surface area contributed by atoms with E-state index in [0.717, 1.165) is 11.6 Å². The van der Waals surface area contributed by atoms with E-state index in [1.165, 1.54) is 9.75 Å². The molecular formula is C14H20N4S. The Kier molecular flexibility index (Phi) is 4.04. The van der Waals surface area contributed by atoms with Crippen molar-refractivity contribution in [1.82, 2.24) is 9.97 Å². The Morgan fingerprint density at radius 3 is 2.53 bits per heavy atom. The van der Waals surface area contributed by atoms with Crippen LogP contribution < -0.4 is 11.1 Å². The smallest absolute Gasteiger partial charge is 0.135 e. The van der Waals surface area contributed by atoms with Gasteiger partial charge in [0.1, 0.15) is 17.5 Å². The molecule has 0 amide bonds. The van der Waals surface area contributed by atoms with E-state index in [1.54, 1.807) is 17.4 Å². The normalized spacial score (nSPS) is 12.7. The summed E-state index contributed by atoms with van der Waals surface area (Å²) in [6.07, 6.45) is 0. The van der Waals surface area contributed by atoms with E-state index in [0.29, 0.717) is 5.82 Å². The van der Waals surface area contributed by atoms with Gasteiger partial charge in [-0.3, -0.25) is 0 Å². The highest BCUT2D eigenvalue weighted by Gasteiger charge is 2.11. The fourth-order valence-electron chi connectivity index (χ4n) is 1.80. The molecule has 3 N–H and O–H groups in total. The Balaban J connectivity index is 2.18. The number of hydrogen-bond donors (Lipinski definition) is 2. The van der Waals surface area contributed by atoms with Crippen LogP contribution in [0, 0.1) is 6.92 Å². The highest BCUT2D eigenvalue weighted by Crippen LogP contribution is 2.26. The minimum atomic E-state index is 0.216. The largest absolute Gasteiger partial charge is 0.384 e. The summed E-state index contributed by atoms with van der Waals surface area (Å²) in [6, 6.07) is 6.27. The van der Waals surface area contributed by atoms with Gasteiger partial charge in [0, 0.05) is 21.7 Å². The van der Waals surface area contributed by atoms with Gasteiger partial charge in [-0.2, -0.15) is 0 Å². The molecular weight excluding hydrogens is 256 g/mol. The molecule has 2 rings (SSSR count). The van der Waals surface area contributed by atoms with Crippen molar-refractivity contribution >= 4 is 23.0 Å². The highest BCUT2D eigenvalue weighted by molar-refractivity contribution is 7.12. The third-order valence-corrected chi connectivity index (χ3v) is 4.02. The van der Waals surface area contributed by atoms with Crippen molar-refractivity contribution in [2.45, 2.75) is 39.7 Å². The fourth-order valence-corrected chi connectivity index (χ4v) is 2.68. The summed E-state index contributed by atoms with van der Waals surface area (Å²) >= 11 is 1.79. The zero-order valence-electron chi connectivity index (χ0n) is 11.8. The first-order chi connectivity index (χ1) is 8.95. The molecule has 0 spiro atoms. The monoisotopic (exact) mass is 276 g/mol. The van der Waals surface area contributed by atoms with Gasteiger partial charge in [-0.15, -0.1) is 11.3 Å². The summed E-state index contributed by atoms with van der Waals surface area (Å²) in [5.74, 6) is 2.34. The maximum Gasteiger partial charge on any atom is 0.135 e. The topological polar surface area (TPSA) is 63.8 Å². The summed E-state index contributed by atoms with van der Waals surface area (Å²) in [6.45, 7) is 8.36. The van der Waals surface area contributed by atoms with Crippen LogP contribution in [0.3, 0.4) is 0 Å². The molecule has 1 unspecified atom stereocenters. The fraction of sp³-hybridized carbons (Fsp3) is 0.429. The predicted molar refractivity (Wildman–Crippen MR) is 81.6 cm³/mol. The standard InChI is InChI=1S/C14H20N4S/c1-8(2)14-17-12(15)7-13(18-14)16-10(4)11-6-5-9(3)19-11/h5-8,10H,1-4H3,(H3,15,16,17,18). The van der Waals surface area contributed by atoms with Crippen LogP contribution in [0.4, 0.5) is 11.6 Å². The average molecular weight is 276 g/mol. The average Bonchev–Trinajstić information content (AvgIpc) is 2.75. The molecule has 0 bridgehead atoms. The minimum absolute atomic E-state index is 0.216. The second-order valence-electron chi connectivity index (χ2n) is 5.01. The second kappa shape index (κ2) is 5.57. The van der Waals surface area contributed by atoms with E-state index in [2.05, 4.69) is 55.1 Å². The van der Waals surface area contributed by atoms with Crippen molar-refractivity contribution in [3.8, 4) is 0 Å². The molecule has 0 aromatic carbocycles. The van der Waals surface area contributed by atoms with Crippen LogP contribution in [0.15, 0.2) is 18.2 Å². The number of hydrogen-bond acceptors (Lipinski definition) is 5. The van der Waals surface area contributed by atoms with Crippen LogP contribution in [0.25, 0.3) is 0 Å². The third kappa shape index (κ3) is 3.44. The van der Waals surface area contributed by atoms with E-state index in [1.807, 2.05) is 0 Å². The molecule has 2 aromatic rings. The summed E-state index contributed by atoms with van der Waals surface area (Å²) in [4.78, 5) is 11.4. The minimum Gasteiger partial charge on any atom is -0.384 e. The number of nitrogens with zero attached hydrogens (tertiary/aromatic N) is 2. The van der Waals surface area contributed by atoms with E-state index < -0.39 is 0 Å². The molecule has 2 aromatic heterocycles. The quantitative estimate of drug-likeness (QED) is 0.893. The van der Waals surface area contributed by atoms with Gasteiger partial charge < -0.3 is 11.1 Å². The summed E-state index contributed by atoms with van der Waals surface area (Å²) in [5, 5.41) is 3.39. The van der Waals surface area contributed by atoms with Gasteiger partial charge in [0.2, 0.25) is 0 Å². The SMILES string of the molecule is Cc1ccc(C(C)Nc2cc(N)nc(C(C)C)n2)s1. The van der Waals surface area contributed by atoms with Crippen molar-refractivity contribution in [3.63, 3.8) is 0 Å². The first-order valence-electron chi connectivity index (χ1n) is 6.43. The second-order valence-corrected chi connectivity index (χ2v) is 6.32. The number of aromatic nitrogens is 2. The van der Waals surface area contributed by atoms with Crippen LogP contribution in [-0.4, -0.2) is 9.97 Å². The number of nitrogen functional groups attached to an aromatic ring is 1. The highest BCUT2D eigenvalue weighted by atomic mass is 32.1. The lowest BCUT2D eigenvalue weighted by atomic mass is 10.2. The Morgan fingerprint density at radius 2 is 1.95 bits per heavy atom. The van der Waals surface area contributed by atoms with Crippen molar-refractivity contribution < 1.29 is 0 Å². The lowest BCUT2D eigenvalue weighted by molar-refractivity contribution is 0.772. The first-order valence-corrected chi connectivity index (χ1v) is 7.24. The molecule has 102 valence electrons. The Hall–Kier alpha value is -1.62. The van der Waals surface area contributed by atoms with Gasteiger partial charge in [-0.25, -0.2) is 9.97 Å². The Morgan fingerprint density at radius 1 is 1.21 bits per heavy atom. The van der Waals surface area contributed by atoms with E-state index in [4.69, 9.17) is 5.73 Å². The lowest BCUT2D eigenvalue weighted by Crippen LogP contribution is -2.10. The van der Waals surface area contributed by atoms with Gasteiger partial charge in [-0.1, -0.05) is 13.8 Å². The molecule has 19 heavy (non-hydrogen) atoms. The van der Waals surface area contributed by atoms with Crippen LogP contribution in [-0.2, 0) is 0 Å². The van der Waals surface area contributed by atoms with E-state index in [-0.39, 0.29) is 12.0 Å². The summed E-state index contributed by atoms with van der Waals surface area (Å²) in [5.41, 5.74) is 5.83. The van der Waals surface area contributed by atoms with Crippen molar-refractivity contribution in [3.05, 3.63) is 33.8 Å². The molecule has 0 radical (unpaired) electrons. The van der Waals surface area contributed by atoms with Gasteiger partial charge in [0.05, 0.1) is 6.04 Å². The zero-order valence-corrected chi connectivity index (χ0v) is 12.6. The Labute approximate surface area is 118 Å². The molecule has 5 heteroatoms. The van der Waals surface area contributed by atoms with Gasteiger partial charge in [0.15, 0.2) is 0 Å². The van der Waals surface area contributed by atoms with Crippen molar-refractivity contribution in [2.75, 3.05) is 11.1 Å². The first kappa shape index (κ1) is 13.8. The van der Waals surface area contributed by atoms with Crippen LogP contribution in [0.2, 0.25) is 0 Å². The Bertz CT molecular complexity index is 562. The van der Waals surface area contributed by atoms with Crippen LogP contribution in [0.1, 0.15) is 48.3 Å². The maximum absolute atomic E-state index is 5.83. The zero-order chi connectivity index (χ0) is 14.0. The maximum atomic E-state index is 5.83. The van der Waals surface area contributed by atoms with Crippen molar-refractivity contribution in [2.24, 2.45) is 0 Å². The summed E-state index contributed by atoms with van der Waals surface area (Å²) < 4.78 is 0. The number of nitrogens with two attached hydrogens (primary N) is 1. The number of rotatable bonds is 4. The molecule has 0 saturated heterocycles. The lowest BCUT2D eigenvalue weighted by Gasteiger charge is -2.14. The third-order valence-electron chi connectivity index (χ3n) is 2.83. The summed E-state index contributed by atoms with van der Waals surface area (Å²) in [7, 11) is 0. The molecule has 0 fully saturated rings. The molecule has 1 atom stereocenters. The van der Waals surface area contributed by atoms with Crippen LogP contribution >= 0.6 is 11.3 Å².